The van der Waals surface area contributed by atoms with E-state index in [0.29, 0.717) is 17.8 Å². The molecule has 1 aromatic carbocycles. The van der Waals surface area contributed by atoms with Crippen molar-refractivity contribution in [2.45, 2.75) is 12.8 Å². The van der Waals surface area contributed by atoms with Gasteiger partial charge in [0.15, 0.2) is 0 Å². The van der Waals surface area contributed by atoms with Gasteiger partial charge in [0, 0.05) is 18.5 Å². The van der Waals surface area contributed by atoms with Crippen molar-refractivity contribution >= 4 is 23.2 Å². The normalized spacial score (nSPS) is 14.5. The Morgan fingerprint density at radius 1 is 1.33 bits per heavy atom. The first-order valence-electron chi connectivity index (χ1n) is 5.50. The van der Waals surface area contributed by atoms with Crippen LogP contribution in [0.25, 0.3) is 0 Å². The van der Waals surface area contributed by atoms with E-state index in [-0.39, 0.29) is 18.2 Å². The van der Waals surface area contributed by atoms with E-state index in [2.05, 4.69) is 15.8 Å². The van der Waals surface area contributed by atoms with Gasteiger partial charge in [-0.2, -0.15) is 5.10 Å². The summed E-state index contributed by atoms with van der Waals surface area (Å²) >= 11 is 0. The summed E-state index contributed by atoms with van der Waals surface area (Å²) in [6.45, 7) is 0. The number of carbonyl (C=O) groups is 2. The van der Waals surface area contributed by atoms with E-state index in [9.17, 15) is 9.59 Å². The predicted molar refractivity (Wildman–Crippen MR) is 66.4 cm³/mol. The van der Waals surface area contributed by atoms with Crippen molar-refractivity contribution in [2.24, 2.45) is 5.10 Å². The number of amides is 2. The molecule has 2 amide bonds. The van der Waals surface area contributed by atoms with Gasteiger partial charge in [0.2, 0.25) is 5.91 Å². The predicted octanol–water partition coefficient (Wildman–Crippen LogP) is 0.900. The Hall–Kier alpha value is -2.37. The van der Waals surface area contributed by atoms with Crippen LogP contribution in [0.15, 0.2) is 29.4 Å². The molecule has 1 aliphatic heterocycles. The fourth-order valence-electron chi connectivity index (χ4n) is 1.52. The molecule has 0 bridgehead atoms. The molecule has 1 aliphatic rings. The van der Waals surface area contributed by atoms with Gasteiger partial charge in [-0.15, -0.1) is 0 Å². The van der Waals surface area contributed by atoms with Crippen molar-refractivity contribution < 1.29 is 14.3 Å². The smallest absolute Gasteiger partial charge is 0.271 e. The van der Waals surface area contributed by atoms with Crippen LogP contribution in [-0.2, 0) is 9.59 Å². The molecule has 0 aliphatic carbocycles. The molecule has 0 radical (unpaired) electrons. The molecule has 0 fully saturated rings. The monoisotopic (exact) mass is 247 g/mol. The lowest BCUT2D eigenvalue weighted by molar-refractivity contribution is -0.121. The van der Waals surface area contributed by atoms with Gasteiger partial charge in [-0.25, -0.2) is 5.43 Å². The van der Waals surface area contributed by atoms with Gasteiger partial charge in [0.25, 0.3) is 5.91 Å². The lowest BCUT2D eigenvalue weighted by Crippen LogP contribution is -2.32. The molecule has 6 nitrogen and oxygen atoms in total. The molecular weight excluding hydrogens is 234 g/mol. The van der Waals surface area contributed by atoms with Crippen LogP contribution in [0.2, 0.25) is 0 Å². The maximum Gasteiger partial charge on any atom is 0.271 e. The van der Waals surface area contributed by atoms with Gasteiger partial charge >= 0.3 is 0 Å². The van der Waals surface area contributed by atoms with E-state index in [1.54, 1.807) is 31.4 Å². The molecule has 0 saturated carbocycles. The van der Waals surface area contributed by atoms with Crippen molar-refractivity contribution in [3.63, 3.8) is 0 Å². The van der Waals surface area contributed by atoms with Gasteiger partial charge < -0.3 is 10.1 Å². The number of nitrogens with one attached hydrogen (secondary N) is 2. The minimum atomic E-state index is -0.305. The van der Waals surface area contributed by atoms with Crippen molar-refractivity contribution in [1.29, 1.82) is 0 Å². The number of hydrogen-bond donors (Lipinski definition) is 2. The number of methoxy groups -OCH3 is 1. The lowest BCUT2D eigenvalue weighted by Gasteiger charge is -2.12. The molecule has 2 N–H and O–H groups in total. The Labute approximate surface area is 104 Å². The molecule has 0 spiro atoms. The first kappa shape index (κ1) is 12.1. The summed E-state index contributed by atoms with van der Waals surface area (Å²) in [7, 11) is 1.58. The molecule has 0 unspecified atom stereocenters. The zero-order valence-corrected chi connectivity index (χ0v) is 9.90. The third kappa shape index (κ3) is 2.85. The number of anilines is 1. The quantitative estimate of drug-likeness (QED) is 0.832. The number of hydrazone groups is 1. The van der Waals surface area contributed by atoms with Crippen LogP contribution in [0.1, 0.15) is 12.8 Å². The lowest BCUT2D eigenvalue weighted by atomic mass is 10.1. The highest BCUT2D eigenvalue weighted by atomic mass is 16.5. The highest BCUT2D eigenvalue weighted by Crippen LogP contribution is 2.15. The van der Waals surface area contributed by atoms with E-state index in [4.69, 9.17) is 4.74 Å². The largest absolute Gasteiger partial charge is 0.497 e. The summed E-state index contributed by atoms with van der Waals surface area (Å²) < 4.78 is 5.02. The number of hydrogen-bond acceptors (Lipinski definition) is 4. The Balaban J connectivity index is 2.00. The van der Waals surface area contributed by atoms with Gasteiger partial charge in [-0.05, 0) is 24.3 Å². The van der Waals surface area contributed by atoms with E-state index < -0.39 is 0 Å². The molecule has 18 heavy (non-hydrogen) atoms. The highest BCUT2D eigenvalue weighted by Gasteiger charge is 2.18. The summed E-state index contributed by atoms with van der Waals surface area (Å²) in [4.78, 5) is 22.7. The van der Waals surface area contributed by atoms with Gasteiger partial charge in [-0.3, -0.25) is 9.59 Å². The molecule has 0 saturated heterocycles. The number of benzene rings is 1. The van der Waals surface area contributed by atoms with Crippen molar-refractivity contribution in [2.75, 3.05) is 12.4 Å². The second-order valence-electron chi connectivity index (χ2n) is 3.78. The second-order valence-corrected chi connectivity index (χ2v) is 3.78. The van der Waals surface area contributed by atoms with Crippen molar-refractivity contribution in [3.8, 4) is 5.75 Å². The summed E-state index contributed by atoms with van der Waals surface area (Å²) in [5, 5.41) is 6.42. The average molecular weight is 247 g/mol. The van der Waals surface area contributed by atoms with E-state index >= 15 is 0 Å². The Kier molecular flexibility index (Phi) is 3.57. The Morgan fingerprint density at radius 3 is 2.61 bits per heavy atom. The average Bonchev–Trinajstić information content (AvgIpc) is 2.40. The van der Waals surface area contributed by atoms with Crippen LogP contribution < -0.4 is 15.5 Å². The first-order chi connectivity index (χ1) is 8.69. The van der Waals surface area contributed by atoms with Gasteiger partial charge in [0.1, 0.15) is 11.5 Å². The molecule has 1 heterocycles. The minimum Gasteiger partial charge on any atom is -0.497 e. The van der Waals surface area contributed by atoms with Gasteiger partial charge in [0.05, 0.1) is 7.11 Å². The molecule has 2 rings (SSSR count). The summed E-state index contributed by atoms with van der Waals surface area (Å²) in [5.41, 5.74) is 3.26. The maximum atomic E-state index is 11.8. The van der Waals surface area contributed by atoms with Gasteiger partial charge in [-0.1, -0.05) is 0 Å². The third-order valence-corrected chi connectivity index (χ3v) is 2.51. The molecule has 0 aromatic heterocycles. The molecule has 0 atom stereocenters. The molecule has 1 aromatic rings. The standard InChI is InChI=1S/C12H13N3O3/c1-18-9-4-2-8(3-5-9)13-12(17)10-6-7-11(16)15-14-10/h2-5H,6-7H2,1H3,(H,13,17)(H,15,16). The highest BCUT2D eigenvalue weighted by molar-refractivity contribution is 6.43. The maximum absolute atomic E-state index is 11.8. The number of nitrogens with zero attached hydrogens (tertiary/aromatic N) is 1. The van der Waals surface area contributed by atoms with E-state index in [1.807, 2.05) is 0 Å². The molecular formula is C12H13N3O3. The third-order valence-electron chi connectivity index (χ3n) is 2.51. The second kappa shape index (κ2) is 5.31. The molecule has 6 heteroatoms. The SMILES string of the molecule is COc1ccc(NC(=O)C2=NNC(=O)CC2)cc1. The molecule has 94 valence electrons. The Morgan fingerprint density at radius 2 is 2.06 bits per heavy atom. The number of carbonyl (C=O) groups excluding carboxylic acids is 2. The topological polar surface area (TPSA) is 79.8 Å². The summed E-state index contributed by atoms with van der Waals surface area (Å²) in [6.07, 6.45) is 0.642. The first-order valence-corrected chi connectivity index (χ1v) is 5.50. The summed E-state index contributed by atoms with van der Waals surface area (Å²) in [5.74, 6) is 0.242. The van der Waals surface area contributed by atoms with Crippen LogP contribution in [0.3, 0.4) is 0 Å². The zero-order valence-electron chi connectivity index (χ0n) is 9.90. The van der Waals surface area contributed by atoms with Crippen LogP contribution in [0, 0.1) is 0 Å². The zero-order chi connectivity index (χ0) is 13.0. The minimum absolute atomic E-state index is 0.170. The number of ether oxygens (including phenoxy) is 1. The van der Waals surface area contributed by atoms with Crippen molar-refractivity contribution in [1.82, 2.24) is 5.43 Å². The fourth-order valence-corrected chi connectivity index (χ4v) is 1.52. The van der Waals surface area contributed by atoms with Crippen LogP contribution >= 0.6 is 0 Å². The van der Waals surface area contributed by atoms with E-state index in [1.165, 1.54) is 0 Å². The number of rotatable bonds is 3. The van der Waals surface area contributed by atoms with E-state index in [0.717, 1.165) is 5.75 Å². The summed E-state index contributed by atoms with van der Waals surface area (Å²) in [6, 6.07) is 6.97. The van der Waals surface area contributed by atoms with Crippen LogP contribution in [0.4, 0.5) is 5.69 Å². The van der Waals surface area contributed by atoms with Crippen LogP contribution in [0.5, 0.6) is 5.75 Å². The van der Waals surface area contributed by atoms with Crippen molar-refractivity contribution in [3.05, 3.63) is 24.3 Å². The fraction of sp³-hybridized carbons (Fsp3) is 0.250. The van der Waals surface area contributed by atoms with Crippen LogP contribution in [-0.4, -0.2) is 24.6 Å². The Bertz CT molecular complexity index is 494.